The molecule has 6 nitrogen and oxygen atoms in total. The van der Waals surface area contributed by atoms with Gasteiger partial charge in [-0.2, -0.15) is 0 Å². The molecule has 0 spiro atoms. The average Bonchev–Trinajstić information content (AvgIpc) is 2.92. The number of rotatable bonds is 4. The van der Waals surface area contributed by atoms with Gasteiger partial charge in [-0.05, 0) is 31.5 Å². The summed E-state index contributed by atoms with van der Waals surface area (Å²) in [5.74, 6) is -0.553. The molecule has 2 N–H and O–H groups in total. The lowest BCUT2D eigenvalue weighted by Crippen LogP contribution is -2.48. The predicted molar refractivity (Wildman–Crippen MR) is 79.0 cm³/mol. The van der Waals surface area contributed by atoms with Gasteiger partial charge in [-0.25, -0.2) is 9.78 Å². The Labute approximate surface area is 128 Å². The van der Waals surface area contributed by atoms with Crippen LogP contribution in [-0.4, -0.2) is 59.3 Å². The number of pyridine rings is 1. The van der Waals surface area contributed by atoms with Gasteiger partial charge < -0.3 is 15.2 Å². The molecule has 2 aliphatic heterocycles. The summed E-state index contributed by atoms with van der Waals surface area (Å²) in [5.41, 5.74) is 0.127. The van der Waals surface area contributed by atoms with Crippen LogP contribution in [0.4, 0.5) is 5.82 Å². The second-order valence-electron chi connectivity index (χ2n) is 5.50. The van der Waals surface area contributed by atoms with E-state index < -0.39 is 5.97 Å². The molecular weight excluding hydrogens is 294 g/mol. The molecule has 21 heavy (non-hydrogen) atoms. The van der Waals surface area contributed by atoms with Crippen molar-refractivity contribution in [1.82, 2.24) is 9.88 Å². The van der Waals surface area contributed by atoms with Crippen molar-refractivity contribution in [3.8, 4) is 0 Å². The number of fused-ring (bicyclic) bond motifs is 1. The van der Waals surface area contributed by atoms with E-state index in [2.05, 4.69) is 15.2 Å². The number of carboxylic acid groups (broad SMARTS) is 1. The van der Waals surface area contributed by atoms with Crippen molar-refractivity contribution in [2.24, 2.45) is 0 Å². The fourth-order valence-corrected chi connectivity index (χ4v) is 3.15. The summed E-state index contributed by atoms with van der Waals surface area (Å²) >= 11 is 5.83. The van der Waals surface area contributed by atoms with Crippen LogP contribution in [0.2, 0.25) is 5.15 Å². The van der Waals surface area contributed by atoms with Gasteiger partial charge in [0.1, 0.15) is 11.0 Å². The van der Waals surface area contributed by atoms with Gasteiger partial charge in [0.2, 0.25) is 0 Å². The topological polar surface area (TPSA) is 74.7 Å². The van der Waals surface area contributed by atoms with Crippen LogP contribution < -0.4 is 5.32 Å². The fourth-order valence-electron chi connectivity index (χ4n) is 2.94. The first-order valence-corrected chi connectivity index (χ1v) is 7.50. The molecule has 0 amide bonds. The van der Waals surface area contributed by atoms with Crippen LogP contribution in [0.15, 0.2) is 12.1 Å². The zero-order chi connectivity index (χ0) is 14.8. The van der Waals surface area contributed by atoms with Gasteiger partial charge in [-0.1, -0.05) is 11.6 Å². The highest BCUT2D eigenvalue weighted by Crippen LogP contribution is 2.23. The molecule has 2 fully saturated rings. The number of carboxylic acids is 1. The molecule has 3 rings (SSSR count). The minimum atomic E-state index is -1.02. The van der Waals surface area contributed by atoms with Crippen molar-refractivity contribution < 1.29 is 14.6 Å². The minimum absolute atomic E-state index is 0.0911. The Balaban J connectivity index is 1.59. The molecule has 1 aromatic heterocycles. The second-order valence-corrected chi connectivity index (χ2v) is 5.88. The summed E-state index contributed by atoms with van der Waals surface area (Å²) in [4.78, 5) is 17.5. The summed E-state index contributed by atoms with van der Waals surface area (Å²) in [6.07, 6.45) is 2.55. The molecule has 7 heteroatoms. The number of halogens is 1. The summed E-state index contributed by atoms with van der Waals surface area (Å²) in [5, 5.41) is 12.3. The van der Waals surface area contributed by atoms with Crippen LogP contribution in [0.1, 0.15) is 23.2 Å². The van der Waals surface area contributed by atoms with Crippen molar-refractivity contribution in [3.63, 3.8) is 0 Å². The van der Waals surface area contributed by atoms with Crippen molar-refractivity contribution in [2.45, 2.75) is 25.0 Å². The number of aromatic nitrogens is 1. The summed E-state index contributed by atoms with van der Waals surface area (Å²) in [7, 11) is 0. The van der Waals surface area contributed by atoms with E-state index in [-0.39, 0.29) is 16.8 Å². The number of nitrogens with one attached hydrogen (secondary N) is 1. The second kappa shape index (κ2) is 6.17. The number of nitrogens with zero attached hydrogens (tertiary/aromatic N) is 2. The van der Waals surface area contributed by atoms with E-state index >= 15 is 0 Å². The standard InChI is InChI=1S/C14H18ClN3O3/c15-12-4-9(14(19)20)5-13(17-12)16-6-11-7-18-3-1-2-10(18)8-21-11/h4-5,10-11H,1-3,6-8H2,(H,16,17)(H,19,20). The Morgan fingerprint density at radius 1 is 1.57 bits per heavy atom. The highest BCUT2D eigenvalue weighted by atomic mass is 35.5. The number of morpholine rings is 1. The number of carbonyl (C=O) groups is 1. The summed E-state index contributed by atoms with van der Waals surface area (Å²) in [6, 6.07) is 3.39. The van der Waals surface area contributed by atoms with Crippen LogP contribution >= 0.6 is 11.6 Å². The van der Waals surface area contributed by atoms with E-state index in [0.29, 0.717) is 18.4 Å². The van der Waals surface area contributed by atoms with Gasteiger partial charge in [-0.15, -0.1) is 0 Å². The van der Waals surface area contributed by atoms with E-state index in [4.69, 9.17) is 21.4 Å². The molecule has 0 radical (unpaired) electrons. The van der Waals surface area contributed by atoms with Gasteiger partial charge in [0, 0.05) is 19.1 Å². The number of aromatic carboxylic acids is 1. The Kier molecular flexibility index (Phi) is 4.28. The predicted octanol–water partition coefficient (Wildman–Crippen LogP) is 1.71. The van der Waals surface area contributed by atoms with E-state index in [1.807, 2.05) is 0 Å². The van der Waals surface area contributed by atoms with E-state index in [9.17, 15) is 4.79 Å². The van der Waals surface area contributed by atoms with Gasteiger partial charge in [0.15, 0.2) is 0 Å². The molecule has 0 aliphatic carbocycles. The fraction of sp³-hybridized carbons (Fsp3) is 0.571. The van der Waals surface area contributed by atoms with Gasteiger partial charge in [0.25, 0.3) is 0 Å². The number of hydrogen-bond donors (Lipinski definition) is 2. The van der Waals surface area contributed by atoms with E-state index in [0.717, 1.165) is 19.7 Å². The molecule has 1 aromatic rings. The number of ether oxygens (including phenoxy) is 1. The maximum Gasteiger partial charge on any atom is 0.335 e. The lowest BCUT2D eigenvalue weighted by atomic mass is 10.2. The molecule has 114 valence electrons. The normalized spacial score (nSPS) is 25.6. The zero-order valence-corrected chi connectivity index (χ0v) is 12.3. The molecule has 2 atom stereocenters. The Hall–Kier alpha value is -1.37. The molecule has 2 unspecified atom stereocenters. The molecule has 0 bridgehead atoms. The molecule has 2 saturated heterocycles. The Bertz CT molecular complexity index is 540. The molecule has 3 heterocycles. The third-order valence-corrected chi connectivity index (χ3v) is 4.21. The molecule has 0 saturated carbocycles. The third kappa shape index (κ3) is 3.45. The molecule has 0 aromatic carbocycles. The minimum Gasteiger partial charge on any atom is -0.478 e. The van der Waals surface area contributed by atoms with Gasteiger partial charge in [0.05, 0.1) is 18.3 Å². The maximum atomic E-state index is 11.0. The van der Waals surface area contributed by atoms with Gasteiger partial charge >= 0.3 is 5.97 Å². The van der Waals surface area contributed by atoms with Crippen molar-refractivity contribution in [1.29, 1.82) is 0 Å². The smallest absolute Gasteiger partial charge is 0.335 e. The van der Waals surface area contributed by atoms with Crippen LogP contribution in [0.3, 0.4) is 0 Å². The summed E-state index contributed by atoms with van der Waals surface area (Å²) in [6.45, 7) is 3.42. The van der Waals surface area contributed by atoms with Gasteiger partial charge in [-0.3, -0.25) is 4.90 Å². The van der Waals surface area contributed by atoms with Crippen molar-refractivity contribution >= 4 is 23.4 Å². The maximum absolute atomic E-state index is 11.0. The highest BCUT2D eigenvalue weighted by molar-refractivity contribution is 6.29. The average molecular weight is 312 g/mol. The van der Waals surface area contributed by atoms with E-state index in [1.165, 1.54) is 25.0 Å². The number of anilines is 1. The number of hydrogen-bond acceptors (Lipinski definition) is 5. The van der Waals surface area contributed by atoms with Crippen LogP contribution in [0, 0.1) is 0 Å². The first-order valence-electron chi connectivity index (χ1n) is 7.12. The van der Waals surface area contributed by atoms with Crippen LogP contribution in [-0.2, 0) is 4.74 Å². The first kappa shape index (κ1) is 14.6. The third-order valence-electron chi connectivity index (χ3n) is 4.01. The lowest BCUT2D eigenvalue weighted by molar-refractivity contribution is -0.0416. The zero-order valence-electron chi connectivity index (χ0n) is 11.6. The lowest BCUT2D eigenvalue weighted by Gasteiger charge is -2.35. The van der Waals surface area contributed by atoms with Crippen molar-refractivity contribution in [2.75, 3.05) is 31.6 Å². The quantitative estimate of drug-likeness (QED) is 0.825. The SMILES string of the molecule is O=C(O)c1cc(Cl)nc(NCC2CN3CCCC3CO2)c1. The first-order chi connectivity index (χ1) is 10.1. The Morgan fingerprint density at radius 2 is 2.43 bits per heavy atom. The summed E-state index contributed by atoms with van der Waals surface area (Å²) < 4.78 is 5.84. The van der Waals surface area contributed by atoms with Crippen LogP contribution in [0.25, 0.3) is 0 Å². The van der Waals surface area contributed by atoms with E-state index in [1.54, 1.807) is 0 Å². The largest absolute Gasteiger partial charge is 0.478 e. The highest BCUT2D eigenvalue weighted by Gasteiger charge is 2.31. The monoisotopic (exact) mass is 311 g/mol. The molecule has 2 aliphatic rings. The molecular formula is C14H18ClN3O3. The van der Waals surface area contributed by atoms with Crippen molar-refractivity contribution in [3.05, 3.63) is 22.8 Å². The Morgan fingerprint density at radius 3 is 3.24 bits per heavy atom. The van der Waals surface area contributed by atoms with Crippen LogP contribution in [0.5, 0.6) is 0 Å².